The van der Waals surface area contributed by atoms with Gasteiger partial charge < -0.3 is 0 Å². The van der Waals surface area contributed by atoms with Gasteiger partial charge in [0.25, 0.3) is 0 Å². The molecule has 2 aromatic rings. The molecule has 0 spiro atoms. The molecule has 0 aliphatic rings. The molecule has 1 atom stereocenters. The first-order valence-corrected chi connectivity index (χ1v) is 6.84. The summed E-state index contributed by atoms with van der Waals surface area (Å²) in [4.78, 5) is 0. The standard InChI is InChI=1S/C18H18FN/c1-13(2)15-8-6-14(7-9-15)10-17(12-20)16-4-3-5-18(19)11-16/h3-9,11,13,17H,10H2,1-2H3. The van der Waals surface area contributed by atoms with Crippen molar-refractivity contribution in [3.63, 3.8) is 0 Å². The fourth-order valence-electron chi connectivity index (χ4n) is 2.24. The Bertz CT molecular complexity index is 608. The quantitative estimate of drug-likeness (QED) is 0.780. The maximum atomic E-state index is 13.2. The first kappa shape index (κ1) is 14.3. The summed E-state index contributed by atoms with van der Waals surface area (Å²) >= 11 is 0. The van der Waals surface area contributed by atoms with E-state index in [0.29, 0.717) is 12.3 Å². The van der Waals surface area contributed by atoms with Gasteiger partial charge in [-0.25, -0.2) is 4.39 Å². The molecule has 0 aliphatic carbocycles. The van der Waals surface area contributed by atoms with E-state index in [0.717, 1.165) is 11.1 Å². The molecule has 0 amide bonds. The molecular formula is C18H18FN. The van der Waals surface area contributed by atoms with E-state index in [1.807, 2.05) is 0 Å². The maximum Gasteiger partial charge on any atom is 0.123 e. The van der Waals surface area contributed by atoms with E-state index in [1.54, 1.807) is 12.1 Å². The highest BCUT2D eigenvalue weighted by Crippen LogP contribution is 2.22. The number of halogens is 1. The minimum absolute atomic E-state index is 0.294. The van der Waals surface area contributed by atoms with E-state index >= 15 is 0 Å². The Balaban J connectivity index is 2.16. The van der Waals surface area contributed by atoms with Gasteiger partial charge in [-0.15, -0.1) is 0 Å². The number of hydrogen-bond donors (Lipinski definition) is 0. The molecule has 0 N–H and O–H groups in total. The van der Waals surface area contributed by atoms with Crippen molar-refractivity contribution in [1.82, 2.24) is 0 Å². The summed E-state index contributed by atoms with van der Waals surface area (Å²) in [5, 5.41) is 9.30. The number of rotatable bonds is 4. The van der Waals surface area contributed by atoms with Crippen molar-refractivity contribution in [1.29, 1.82) is 5.26 Å². The van der Waals surface area contributed by atoms with E-state index in [2.05, 4.69) is 44.2 Å². The van der Waals surface area contributed by atoms with Crippen LogP contribution in [0.25, 0.3) is 0 Å². The van der Waals surface area contributed by atoms with E-state index in [-0.39, 0.29) is 11.7 Å². The highest BCUT2D eigenvalue weighted by molar-refractivity contribution is 5.31. The molecular weight excluding hydrogens is 249 g/mol. The van der Waals surface area contributed by atoms with E-state index in [4.69, 9.17) is 0 Å². The molecule has 0 heterocycles. The van der Waals surface area contributed by atoms with Crippen LogP contribution in [0.2, 0.25) is 0 Å². The zero-order valence-electron chi connectivity index (χ0n) is 11.8. The molecule has 0 saturated heterocycles. The molecule has 0 fully saturated rings. The van der Waals surface area contributed by atoms with Crippen molar-refractivity contribution in [2.45, 2.75) is 32.1 Å². The van der Waals surface area contributed by atoms with Crippen molar-refractivity contribution >= 4 is 0 Å². The second kappa shape index (κ2) is 6.34. The third-order valence-corrected chi connectivity index (χ3v) is 3.49. The van der Waals surface area contributed by atoms with Gasteiger partial charge in [-0.05, 0) is 41.2 Å². The summed E-state index contributed by atoms with van der Waals surface area (Å²) in [6.07, 6.45) is 0.609. The summed E-state index contributed by atoms with van der Waals surface area (Å²) < 4.78 is 13.2. The maximum absolute atomic E-state index is 13.2. The predicted octanol–water partition coefficient (Wildman–Crippen LogP) is 4.80. The Hall–Kier alpha value is -2.14. The zero-order chi connectivity index (χ0) is 14.5. The predicted molar refractivity (Wildman–Crippen MR) is 79.0 cm³/mol. The minimum Gasteiger partial charge on any atom is -0.207 e. The van der Waals surface area contributed by atoms with Crippen molar-refractivity contribution in [2.24, 2.45) is 0 Å². The van der Waals surface area contributed by atoms with Gasteiger partial charge in [-0.2, -0.15) is 5.26 Å². The molecule has 0 bridgehead atoms. The first-order chi connectivity index (χ1) is 9.60. The van der Waals surface area contributed by atoms with E-state index in [9.17, 15) is 9.65 Å². The van der Waals surface area contributed by atoms with Crippen LogP contribution in [-0.2, 0) is 6.42 Å². The molecule has 2 aromatic carbocycles. The Labute approximate surface area is 119 Å². The largest absolute Gasteiger partial charge is 0.207 e. The average Bonchev–Trinajstić information content (AvgIpc) is 2.45. The van der Waals surface area contributed by atoms with Crippen LogP contribution in [-0.4, -0.2) is 0 Å². The van der Waals surface area contributed by atoms with Crippen LogP contribution in [0.15, 0.2) is 48.5 Å². The van der Waals surface area contributed by atoms with Gasteiger partial charge in [-0.1, -0.05) is 50.2 Å². The molecule has 102 valence electrons. The third-order valence-electron chi connectivity index (χ3n) is 3.49. The summed E-state index contributed by atoms with van der Waals surface area (Å²) in [6, 6.07) is 16.9. The second-order valence-corrected chi connectivity index (χ2v) is 5.34. The lowest BCUT2D eigenvalue weighted by Gasteiger charge is -2.11. The van der Waals surface area contributed by atoms with Crippen LogP contribution < -0.4 is 0 Å². The van der Waals surface area contributed by atoms with Gasteiger partial charge in [0.15, 0.2) is 0 Å². The van der Waals surface area contributed by atoms with Crippen molar-refractivity contribution in [3.8, 4) is 6.07 Å². The molecule has 0 aliphatic heterocycles. The lowest BCUT2D eigenvalue weighted by Crippen LogP contribution is -2.01. The highest BCUT2D eigenvalue weighted by Gasteiger charge is 2.12. The van der Waals surface area contributed by atoms with E-state index < -0.39 is 0 Å². The lowest BCUT2D eigenvalue weighted by atomic mass is 9.92. The molecule has 1 nitrogen and oxygen atoms in total. The summed E-state index contributed by atoms with van der Waals surface area (Å²) in [5.74, 6) is -0.104. The fraction of sp³-hybridized carbons (Fsp3) is 0.278. The van der Waals surface area contributed by atoms with E-state index in [1.165, 1.54) is 17.7 Å². The fourth-order valence-corrected chi connectivity index (χ4v) is 2.24. The number of nitriles is 1. The summed E-state index contributed by atoms with van der Waals surface area (Å²) in [6.45, 7) is 4.31. The molecule has 2 heteroatoms. The van der Waals surface area contributed by atoms with Gasteiger partial charge in [-0.3, -0.25) is 0 Å². The SMILES string of the molecule is CC(C)c1ccc(CC(C#N)c2cccc(F)c2)cc1. The number of benzene rings is 2. The van der Waals surface area contributed by atoms with Crippen LogP contribution >= 0.6 is 0 Å². The minimum atomic E-state index is -0.310. The molecule has 20 heavy (non-hydrogen) atoms. The first-order valence-electron chi connectivity index (χ1n) is 6.84. The van der Waals surface area contributed by atoms with Gasteiger partial charge in [0.1, 0.15) is 5.82 Å². The highest BCUT2D eigenvalue weighted by atomic mass is 19.1. The third kappa shape index (κ3) is 3.45. The van der Waals surface area contributed by atoms with Crippen molar-refractivity contribution in [3.05, 3.63) is 71.0 Å². The van der Waals surface area contributed by atoms with Crippen LogP contribution in [0.4, 0.5) is 4.39 Å². The summed E-state index contributed by atoms with van der Waals surface area (Å²) in [7, 11) is 0. The van der Waals surface area contributed by atoms with Gasteiger partial charge in [0.05, 0.1) is 12.0 Å². The Morgan fingerprint density at radius 3 is 2.30 bits per heavy atom. The second-order valence-electron chi connectivity index (χ2n) is 5.34. The van der Waals surface area contributed by atoms with Gasteiger partial charge in [0.2, 0.25) is 0 Å². The molecule has 2 rings (SSSR count). The normalized spacial score (nSPS) is 12.2. The molecule has 1 unspecified atom stereocenters. The van der Waals surface area contributed by atoms with Crippen molar-refractivity contribution in [2.75, 3.05) is 0 Å². The Morgan fingerprint density at radius 1 is 1.05 bits per heavy atom. The van der Waals surface area contributed by atoms with Crippen molar-refractivity contribution < 1.29 is 4.39 Å². The van der Waals surface area contributed by atoms with Crippen LogP contribution in [0.3, 0.4) is 0 Å². The molecule has 0 radical (unpaired) electrons. The van der Waals surface area contributed by atoms with Gasteiger partial charge in [0, 0.05) is 0 Å². The smallest absolute Gasteiger partial charge is 0.123 e. The molecule has 0 saturated carbocycles. The Kier molecular flexibility index (Phi) is 4.53. The van der Waals surface area contributed by atoms with Crippen LogP contribution in [0.5, 0.6) is 0 Å². The monoisotopic (exact) mass is 267 g/mol. The zero-order valence-corrected chi connectivity index (χ0v) is 11.8. The number of hydrogen-bond acceptors (Lipinski definition) is 1. The molecule has 0 aromatic heterocycles. The topological polar surface area (TPSA) is 23.8 Å². The average molecular weight is 267 g/mol. The summed E-state index contributed by atoms with van der Waals surface area (Å²) in [5.41, 5.74) is 3.12. The van der Waals surface area contributed by atoms with Crippen LogP contribution in [0, 0.1) is 17.1 Å². The Morgan fingerprint density at radius 2 is 1.75 bits per heavy atom. The van der Waals surface area contributed by atoms with Gasteiger partial charge >= 0.3 is 0 Å². The lowest BCUT2D eigenvalue weighted by molar-refractivity contribution is 0.623. The van der Waals surface area contributed by atoms with Crippen LogP contribution in [0.1, 0.15) is 42.4 Å². The number of nitrogens with zero attached hydrogens (tertiary/aromatic N) is 1.